The summed E-state index contributed by atoms with van der Waals surface area (Å²) in [7, 11) is 0. The zero-order valence-electron chi connectivity index (χ0n) is 10.8. The molecule has 0 radical (unpaired) electrons. The molecule has 1 unspecified atom stereocenters. The van der Waals surface area contributed by atoms with Gasteiger partial charge in [-0.05, 0) is 61.3 Å². The normalized spacial score (nSPS) is 21.2. The molecule has 0 bridgehead atoms. The number of pyridine rings is 1. The summed E-state index contributed by atoms with van der Waals surface area (Å²) in [4.78, 5) is 7.20. The molecule has 3 rings (SSSR count). The minimum absolute atomic E-state index is 0.460. The number of hydrogen-bond acceptors (Lipinski definition) is 2. The number of imidazole rings is 1. The Hall–Kier alpha value is -0.870. The quantitative estimate of drug-likeness (QED) is 0.844. The molecule has 1 fully saturated rings. The number of nitrogens with zero attached hydrogens (tertiary/aromatic N) is 3. The van der Waals surface area contributed by atoms with Gasteiger partial charge in [-0.1, -0.05) is 0 Å². The lowest BCUT2D eigenvalue weighted by Crippen LogP contribution is -2.31. The highest BCUT2D eigenvalue weighted by atomic mass is 79.9. The molecule has 1 aliphatic heterocycles. The molecule has 0 aromatic carbocycles. The molecule has 0 spiro atoms. The first-order valence-electron chi connectivity index (χ1n) is 6.55. The lowest BCUT2D eigenvalue weighted by Gasteiger charge is -2.27. The Bertz CT molecular complexity index is 561. The van der Waals surface area contributed by atoms with Crippen molar-refractivity contribution in [2.45, 2.75) is 38.8 Å². The molecule has 3 heterocycles. The van der Waals surface area contributed by atoms with E-state index in [-0.39, 0.29) is 0 Å². The van der Waals surface area contributed by atoms with Crippen molar-refractivity contribution in [3.05, 3.63) is 34.8 Å². The fourth-order valence-corrected chi connectivity index (χ4v) is 3.25. The van der Waals surface area contributed by atoms with E-state index >= 15 is 0 Å². The average molecular weight is 308 g/mol. The zero-order valence-corrected chi connectivity index (χ0v) is 12.4. The van der Waals surface area contributed by atoms with Crippen LogP contribution in [0.15, 0.2) is 29.0 Å². The Balaban J connectivity index is 2.06. The van der Waals surface area contributed by atoms with Crippen LogP contribution in [-0.2, 0) is 0 Å². The summed E-state index contributed by atoms with van der Waals surface area (Å²) in [6.07, 6.45) is 6.57. The zero-order chi connectivity index (χ0) is 12.7. The fraction of sp³-hybridized carbons (Fsp3) is 0.500. The first-order valence-corrected chi connectivity index (χ1v) is 7.34. The third kappa shape index (κ3) is 1.97. The van der Waals surface area contributed by atoms with Crippen LogP contribution in [0, 0.1) is 0 Å². The van der Waals surface area contributed by atoms with Gasteiger partial charge in [-0.2, -0.15) is 0 Å². The van der Waals surface area contributed by atoms with Gasteiger partial charge < -0.3 is 4.40 Å². The Morgan fingerprint density at radius 3 is 3.00 bits per heavy atom. The van der Waals surface area contributed by atoms with Gasteiger partial charge in [-0.3, -0.25) is 4.90 Å². The van der Waals surface area contributed by atoms with E-state index in [1.165, 1.54) is 30.7 Å². The van der Waals surface area contributed by atoms with Crippen molar-refractivity contribution in [3.63, 3.8) is 0 Å². The maximum atomic E-state index is 4.65. The third-order valence-corrected chi connectivity index (χ3v) is 4.24. The van der Waals surface area contributed by atoms with Crippen molar-refractivity contribution in [1.82, 2.24) is 14.3 Å². The minimum atomic E-state index is 0.460. The summed E-state index contributed by atoms with van der Waals surface area (Å²) in [5.74, 6) is 1.18. The molecule has 3 nitrogen and oxygen atoms in total. The topological polar surface area (TPSA) is 20.5 Å². The van der Waals surface area contributed by atoms with Gasteiger partial charge in [-0.15, -0.1) is 0 Å². The molecule has 0 N–H and O–H groups in total. The standard InChI is InChI=1S/C14H18BrN3/c1-10(2)17-7-3-4-13(17)14-16-8-12-6-5-11(15)9-18(12)14/h5-6,8-10,13H,3-4,7H2,1-2H3. The van der Waals surface area contributed by atoms with E-state index in [9.17, 15) is 0 Å². The highest BCUT2D eigenvalue weighted by Crippen LogP contribution is 2.33. The van der Waals surface area contributed by atoms with E-state index in [1.807, 2.05) is 6.20 Å². The van der Waals surface area contributed by atoms with E-state index in [2.05, 4.69) is 62.4 Å². The Morgan fingerprint density at radius 2 is 2.22 bits per heavy atom. The molecule has 0 aliphatic carbocycles. The van der Waals surface area contributed by atoms with Crippen molar-refractivity contribution in [2.75, 3.05) is 6.54 Å². The maximum Gasteiger partial charge on any atom is 0.130 e. The molecule has 18 heavy (non-hydrogen) atoms. The van der Waals surface area contributed by atoms with E-state index in [4.69, 9.17) is 0 Å². The largest absolute Gasteiger partial charge is 0.301 e. The summed E-state index contributed by atoms with van der Waals surface area (Å²) >= 11 is 3.54. The Labute approximate surface area is 116 Å². The average Bonchev–Trinajstić information content (AvgIpc) is 2.92. The van der Waals surface area contributed by atoms with Crippen LogP contribution in [0.2, 0.25) is 0 Å². The molecule has 2 aromatic heterocycles. The second-order valence-corrected chi connectivity index (χ2v) is 6.16. The molecule has 0 saturated carbocycles. The number of likely N-dealkylation sites (tertiary alicyclic amines) is 1. The monoisotopic (exact) mass is 307 g/mol. The first-order chi connectivity index (χ1) is 8.66. The summed E-state index contributed by atoms with van der Waals surface area (Å²) in [5.41, 5.74) is 1.17. The molecule has 1 atom stereocenters. The van der Waals surface area contributed by atoms with E-state index in [0.717, 1.165) is 4.47 Å². The van der Waals surface area contributed by atoms with Crippen LogP contribution in [0.5, 0.6) is 0 Å². The molecule has 0 amide bonds. The fourth-order valence-electron chi connectivity index (χ4n) is 2.92. The molecular formula is C14H18BrN3. The number of fused-ring (bicyclic) bond motifs is 1. The van der Waals surface area contributed by atoms with E-state index < -0.39 is 0 Å². The van der Waals surface area contributed by atoms with E-state index in [0.29, 0.717) is 12.1 Å². The smallest absolute Gasteiger partial charge is 0.130 e. The maximum absolute atomic E-state index is 4.65. The van der Waals surface area contributed by atoms with Crippen LogP contribution < -0.4 is 0 Å². The van der Waals surface area contributed by atoms with Gasteiger partial charge in [0.15, 0.2) is 0 Å². The molecule has 1 aliphatic rings. The summed E-state index contributed by atoms with van der Waals surface area (Å²) in [5, 5.41) is 0. The van der Waals surface area contributed by atoms with Crippen molar-refractivity contribution >= 4 is 21.4 Å². The van der Waals surface area contributed by atoms with Gasteiger partial charge in [0.05, 0.1) is 17.8 Å². The van der Waals surface area contributed by atoms with Crippen LogP contribution in [0.3, 0.4) is 0 Å². The highest BCUT2D eigenvalue weighted by molar-refractivity contribution is 9.10. The third-order valence-electron chi connectivity index (χ3n) is 3.78. The lowest BCUT2D eigenvalue weighted by molar-refractivity contribution is 0.198. The van der Waals surface area contributed by atoms with Crippen molar-refractivity contribution in [2.24, 2.45) is 0 Å². The highest BCUT2D eigenvalue weighted by Gasteiger charge is 2.30. The summed E-state index contributed by atoms with van der Waals surface area (Å²) < 4.78 is 3.32. The molecule has 96 valence electrons. The minimum Gasteiger partial charge on any atom is -0.301 e. The number of rotatable bonds is 2. The predicted molar refractivity (Wildman–Crippen MR) is 76.7 cm³/mol. The summed E-state index contributed by atoms with van der Waals surface area (Å²) in [6, 6.07) is 5.21. The van der Waals surface area contributed by atoms with Crippen molar-refractivity contribution < 1.29 is 0 Å². The second-order valence-electron chi connectivity index (χ2n) is 5.25. The van der Waals surface area contributed by atoms with Gasteiger partial charge in [0, 0.05) is 16.7 Å². The van der Waals surface area contributed by atoms with Gasteiger partial charge in [0.2, 0.25) is 0 Å². The Kier molecular flexibility index (Phi) is 3.16. The van der Waals surface area contributed by atoms with Crippen LogP contribution in [-0.4, -0.2) is 26.9 Å². The SMILES string of the molecule is CC(C)N1CCCC1c1ncc2ccc(Br)cn12. The van der Waals surface area contributed by atoms with Crippen LogP contribution >= 0.6 is 15.9 Å². The van der Waals surface area contributed by atoms with Crippen LogP contribution in [0.4, 0.5) is 0 Å². The predicted octanol–water partition coefficient (Wildman–Crippen LogP) is 3.64. The van der Waals surface area contributed by atoms with Gasteiger partial charge in [-0.25, -0.2) is 4.98 Å². The molecule has 1 saturated heterocycles. The number of hydrogen-bond donors (Lipinski definition) is 0. The van der Waals surface area contributed by atoms with E-state index in [1.54, 1.807) is 0 Å². The van der Waals surface area contributed by atoms with Crippen LogP contribution in [0.25, 0.3) is 5.52 Å². The van der Waals surface area contributed by atoms with Crippen molar-refractivity contribution in [3.8, 4) is 0 Å². The molecule has 4 heteroatoms. The van der Waals surface area contributed by atoms with Gasteiger partial charge in [0.1, 0.15) is 5.82 Å². The summed E-state index contributed by atoms with van der Waals surface area (Å²) in [6.45, 7) is 5.72. The first kappa shape index (κ1) is 12.2. The van der Waals surface area contributed by atoms with Gasteiger partial charge in [0.25, 0.3) is 0 Å². The van der Waals surface area contributed by atoms with Gasteiger partial charge >= 0.3 is 0 Å². The van der Waals surface area contributed by atoms with Crippen molar-refractivity contribution in [1.29, 1.82) is 0 Å². The van der Waals surface area contributed by atoms with Crippen LogP contribution in [0.1, 0.15) is 38.6 Å². The molecule has 2 aromatic rings. The number of halogens is 1. The lowest BCUT2D eigenvalue weighted by atomic mass is 10.2. The Morgan fingerprint density at radius 1 is 1.39 bits per heavy atom. The molecular weight excluding hydrogens is 290 g/mol. The second kappa shape index (κ2) is 4.67. The number of aromatic nitrogens is 2.